The van der Waals surface area contributed by atoms with E-state index in [4.69, 9.17) is 0 Å². The number of nitrogens with one attached hydrogen (secondary N) is 1. The number of amides is 1. The van der Waals surface area contributed by atoms with Crippen LogP contribution in [0.4, 0.5) is 0 Å². The molecule has 0 radical (unpaired) electrons. The minimum absolute atomic E-state index is 0.136. The van der Waals surface area contributed by atoms with Crippen molar-refractivity contribution in [3.63, 3.8) is 0 Å². The number of rotatable bonds is 5. The lowest BCUT2D eigenvalue weighted by molar-refractivity contribution is -0.125. The summed E-state index contributed by atoms with van der Waals surface area (Å²) in [5, 5.41) is 3.07. The Hall–Kier alpha value is -2.36. The standard InChI is InChI=1S/C19H23N3O/c1-15-20-10-11-22(15)14-17-7-5-6-16(12-17)13-21-19(23)18-8-3-2-4-9-18/h2-3,5-7,10-12,18H,4,8-9,13-14H2,1H3,(H,21,23)/t18-/m0/s1. The molecule has 23 heavy (non-hydrogen) atoms. The fourth-order valence-corrected chi connectivity index (χ4v) is 2.97. The number of allylic oxidation sites excluding steroid dienone is 2. The molecule has 1 aliphatic carbocycles. The van der Waals surface area contributed by atoms with Gasteiger partial charge in [-0.2, -0.15) is 0 Å². The average Bonchev–Trinajstić information content (AvgIpc) is 2.99. The predicted octanol–water partition coefficient (Wildman–Crippen LogP) is 3.21. The van der Waals surface area contributed by atoms with Crippen LogP contribution in [0.3, 0.4) is 0 Å². The van der Waals surface area contributed by atoms with E-state index in [-0.39, 0.29) is 11.8 Å². The first kappa shape index (κ1) is 15.5. The molecule has 120 valence electrons. The molecule has 4 heteroatoms. The lowest BCUT2D eigenvalue weighted by Gasteiger charge is -2.17. The molecule has 4 nitrogen and oxygen atoms in total. The SMILES string of the molecule is Cc1nccn1Cc1cccc(CNC(=O)[C@H]2CC=CCC2)c1. The summed E-state index contributed by atoms with van der Waals surface area (Å²) in [6.45, 7) is 3.40. The molecule has 0 aliphatic heterocycles. The highest BCUT2D eigenvalue weighted by Gasteiger charge is 2.18. The Kier molecular flexibility index (Phi) is 4.91. The number of carbonyl (C=O) groups excluding carboxylic acids is 1. The van der Waals surface area contributed by atoms with E-state index in [1.54, 1.807) is 0 Å². The third-order valence-electron chi connectivity index (χ3n) is 4.37. The molecule has 0 saturated carbocycles. The van der Waals surface area contributed by atoms with Gasteiger partial charge in [-0.1, -0.05) is 36.4 Å². The monoisotopic (exact) mass is 309 g/mol. The van der Waals surface area contributed by atoms with E-state index >= 15 is 0 Å². The zero-order valence-corrected chi connectivity index (χ0v) is 13.5. The van der Waals surface area contributed by atoms with Crippen molar-refractivity contribution in [3.8, 4) is 0 Å². The molecule has 1 amide bonds. The number of aromatic nitrogens is 2. The highest BCUT2D eigenvalue weighted by atomic mass is 16.1. The van der Waals surface area contributed by atoms with Crippen molar-refractivity contribution >= 4 is 5.91 Å². The van der Waals surface area contributed by atoms with Crippen LogP contribution < -0.4 is 5.32 Å². The number of benzene rings is 1. The second-order valence-corrected chi connectivity index (χ2v) is 6.12. The Balaban J connectivity index is 1.58. The molecule has 3 rings (SSSR count). The maximum atomic E-state index is 12.2. The van der Waals surface area contributed by atoms with Crippen LogP contribution >= 0.6 is 0 Å². The fraction of sp³-hybridized carbons (Fsp3) is 0.368. The van der Waals surface area contributed by atoms with Gasteiger partial charge in [-0.3, -0.25) is 4.79 Å². The predicted molar refractivity (Wildman–Crippen MR) is 90.8 cm³/mol. The number of nitrogens with zero attached hydrogens (tertiary/aromatic N) is 2. The van der Waals surface area contributed by atoms with Crippen LogP contribution in [-0.2, 0) is 17.9 Å². The molecule has 0 saturated heterocycles. The van der Waals surface area contributed by atoms with E-state index in [0.29, 0.717) is 6.54 Å². The van der Waals surface area contributed by atoms with Gasteiger partial charge >= 0.3 is 0 Å². The number of imidazole rings is 1. The molecule has 2 aromatic rings. The van der Waals surface area contributed by atoms with Crippen molar-refractivity contribution in [1.82, 2.24) is 14.9 Å². The molecule has 1 aromatic heterocycles. The van der Waals surface area contributed by atoms with Gasteiger partial charge in [-0.15, -0.1) is 0 Å². The van der Waals surface area contributed by atoms with Crippen LogP contribution in [0.5, 0.6) is 0 Å². The number of hydrogen-bond acceptors (Lipinski definition) is 2. The summed E-state index contributed by atoms with van der Waals surface area (Å²) in [7, 11) is 0. The summed E-state index contributed by atoms with van der Waals surface area (Å²) in [4.78, 5) is 16.4. The molecule has 1 heterocycles. The smallest absolute Gasteiger partial charge is 0.223 e. The van der Waals surface area contributed by atoms with E-state index in [0.717, 1.165) is 37.2 Å². The molecular formula is C19H23N3O. The summed E-state index contributed by atoms with van der Waals surface area (Å²) in [5.74, 6) is 1.32. The third-order valence-corrected chi connectivity index (χ3v) is 4.37. The number of carbonyl (C=O) groups is 1. The van der Waals surface area contributed by atoms with Crippen molar-refractivity contribution < 1.29 is 4.79 Å². The molecule has 1 aliphatic rings. The van der Waals surface area contributed by atoms with Crippen molar-refractivity contribution in [3.05, 3.63) is 65.8 Å². The molecule has 0 spiro atoms. The summed E-state index contributed by atoms with van der Waals surface area (Å²) < 4.78 is 2.12. The van der Waals surface area contributed by atoms with Gasteiger partial charge in [-0.05, 0) is 37.3 Å². The quantitative estimate of drug-likeness (QED) is 0.862. The zero-order chi connectivity index (χ0) is 16.1. The normalized spacial score (nSPS) is 17.2. The number of aryl methyl sites for hydroxylation is 1. The molecule has 1 atom stereocenters. The molecule has 0 unspecified atom stereocenters. The van der Waals surface area contributed by atoms with Gasteiger partial charge in [0.05, 0.1) is 0 Å². The first-order valence-corrected chi connectivity index (χ1v) is 8.20. The van der Waals surface area contributed by atoms with Crippen molar-refractivity contribution in [2.24, 2.45) is 5.92 Å². The van der Waals surface area contributed by atoms with Crippen LogP contribution in [0, 0.1) is 12.8 Å². The second-order valence-electron chi connectivity index (χ2n) is 6.12. The summed E-state index contributed by atoms with van der Waals surface area (Å²) in [6.07, 6.45) is 10.9. The van der Waals surface area contributed by atoms with E-state index in [2.05, 4.69) is 45.2 Å². The topological polar surface area (TPSA) is 46.9 Å². The minimum atomic E-state index is 0.136. The molecule has 1 aromatic carbocycles. The largest absolute Gasteiger partial charge is 0.352 e. The van der Waals surface area contributed by atoms with Crippen LogP contribution in [0.15, 0.2) is 48.8 Å². The first-order valence-electron chi connectivity index (χ1n) is 8.20. The van der Waals surface area contributed by atoms with Crippen LogP contribution in [0.25, 0.3) is 0 Å². The van der Waals surface area contributed by atoms with Gasteiger partial charge in [0.2, 0.25) is 5.91 Å². The van der Waals surface area contributed by atoms with Crippen LogP contribution in [0.2, 0.25) is 0 Å². The van der Waals surface area contributed by atoms with Crippen molar-refractivity contribution in [1.29, 1.82) is 0 Å². The average molecular weight is 309 g/mol. The van der Waals surface area contributed by atoms with Gasteiger partial charge in [0.25, 0.3) is 0 Å². The first-order chi connectivity index (χ1) is 11.2. The Morgan fingerprint density at radius 2 is 2.22 bits per heavy atom. The minimum Gasteiger partial charge on any atom is -0.352 e. The number of hydrogen-bond donors (Lipinski definition) is 1. The Labute approximate surface area is 137 Å². The molecule has 1 N–H and O–H groups in total. The van der Waals surface area contributed by atoms with Gasteiger partial charge in [0, 0.05) is 31.4 Å². The van der Waals surface area contributed by atoms with Gasteiger partial charge in [0.1, 0.15) is 5.82 Å². The Bertz CT molecular complexity index is 702. The lowest BCUT2D eigenvalue weighted by atomic mass is 9.93. The Morgan fingerprint density at radius 3 is 2.96 bits per heavy atom. The third kappa shape index (κ3) is 4.09. The summed E-state index contributed by atoms with van der Waals surface area (Å²) in [6, 6.07) is 8.37. The maximum Gasteiger partial charge on any atom is 0.223 e. The van der Waals surface area contributed by atoms with E-state index in [9.17, 15) is 4.79 Å². The van der Waals surface area contributed by atoms with Gasteiger partial charge < -0.3 is 9.88 Å². The fourth-order valence-electron chi connectivity index (χ4n) is 2.97. The van der Waals surface area contributed by atoms with Crippen LogP contribution in [0.1, 0.15) is 36.2 Å². The van der Waals surface area contributed by atoms with Gasteiger partial charge in [-0.25, -0.2) is 4.98 Å². The highest BCUT2D eigenvalue weighted by molar-refractivity contribution is 5.78. The van der Waals surface area contributed by atoms with Gasteiger partial charge in [0.15, 0.2) is 0 Å². The van der Waals surface area contributed by atoms with Crippen LogP contribution in [-0.4, -0.2) is 15.5 Å². The van der Waals surface area contributed by atoms with Crippen molar-refractivity contribution in [2.75, 3.05) is 0 Å². The van der Waals surface area contributed by atoms with Crippen molar-refractivity contribution in [2.45, 2.75) is 39.3 Å². The highest BCUT2D eigenvalue weighted by Crippen LogP contribution is 2.18. The summed E-state index contributed by atoms with van der Waals surface area (Å²) >= 11 is 0. The molecule has 0 bridgehead atoms. The molecule has 0 fully saturated rings. The van der Waals surface area contributed by atoms with E-state index in [1.807, 2.05) is 25.4 Å². The zero-order valence-electron chi connectivity index (χ0n) is 13.5. The maximum absolute atomic E-state index is 12.2. The second kappa shape index (κ2) is 7.27. The van der Waals surface area contributed by atoms with E-state index in [1.165, 1.54) is 5.56 Å². The molecular weight excluding hydrogens is 286 g/mol. The lowest BCUT2D eigenvalue weighted by Crippen LogP contribution is -2.30. The summed E-state index contributed by atoms with van der Waals surface area (Å²) in [5.41, 5.74) is 2.36. The van der Waals surface area contributed by atoms with E-state index < -0.39 is 0 Å². The Morgan fingerprint density at radius 1 is 1.35 bits per heavy atom.